The van der Waals surface area contributed by atoms with Gasteiger partial charge in [-0.05, 0) is 34.0 Å². The van der Waals surface area contributed by atoms with Gasteiger partial charge in [-0.1, -0.05) is 6.92 Å². The van der Waals surface area contributed by atoms with E-state index in [1.165, 1.54) is 7.11 Å². The fourth-order valence-corrected chi connectivity index (χ4v) is 2.67. The number of aromatic nitrogens is 1. The van der Waals surface area contributed by atoms with Gasteiger partial charge in [0.2, 0.25) is 0 Å². The smallest absolute Gasteiger partial charge is 0.310 e. The lowest BCUT2D eigenvalue weighted by molar-refractivity contribution is -0.146. The Morgan fingerprint density at radius 2 is 2.21 bits per heavy atom. The van der Waals surface area contributed by atoms with Crippen molar-refractivity contribution in [2.24, 2.45) is 11.8 Å². The molecule has 5 nitrogen and oxygen atoms in total. The number of carbonyl (C=O) groups is 2. The molecule has 0 spiro atoms. The van der Waals surface area contributed by atoms with E-state index < -0.39 is 0 Å². The number of esters is 1. The Morgan fingerprint density at radius 3 is 2.84 bits per heavy atom. The first-order valence-corrected chi connectivity index (χ1v) is 6.81. The summed E-state index contributed by atoms with van der Waals surface area (Å²) in [6.07, 6.45) is 1.58. The van der Waals surface area contributed by atoms with Crippen molar-refractivity contribution >= 4 is 27.8 Å². The Morgan fingerprint density at radius 1 is 1.47 bits per heavy atom. The van der Waals surface area contributed by atoms with Crippen LogP contribution in [0.15, 0.2) is 22.9 Å². The Bertz CT molecular complexity index is 506. The standard InChI is InChI=1S/C13H15BrN2O3/c1-8-6-16(7-10(8)13(18)19-2)12(17)9-3-4-15-11(14)5-9/h3-5,8,10H,6-7H2,1-2H3. The van der Waals surface area contributed by atoms with Crippen molar-refractivity contribution < 1.29 is 14.3 Å². The molecular formula is C13H15BrN2O3. The highest BCUT2D eigenvalue weighted by atomic mass is 79.9. The number of halogens is 1. The third-order valence-electron chi connectivity index (χ3n) is 3.38. The van der Waals surface area contributed by atoms with Crippen molar-refractivity contribution in [3.8, 4) is 0 Å². The number of pyridine rings is 1. The summed E-state index contributed by atoms with van der Waals surface area (Å²) >= 11 is 3.24. The molecule has 0 radical (unpaired) electrons. The molecule has 0 aliphatic carbocycles. The molecule has 1 aliphatic heterocycles. The lowest BCUT2D eigenvalue weighted by Crippen LogP contribution is -2.30. The highest BCUT2D eigenvalue weighted by Gasteiger charge is 2.37. The van der Waals surface area contributed by atoms with Crippen LogP contribution in [-0.4, -0.2) is 42.0 Å². The first-order chi connectivity index (χ1) is 9.02. The summed E-state index contributed by atoms with van der Waals surface area (Å²) in [5.74, 6) is -0.457. The quantitative estimate of drug-likeness (QED) is 0.613. The summed E-state index contributed by atoms with van der Waals surface area (Å²) in [7, 11) is 1.37. The lowest BCUT2D eigenvalue weighted by Gasteiger charge is -2.16. The number of hydrogen-bond acceptors (Lipinski definition) is 4. The minimum atomic E-state index is -0.251. The van der Waals surface area contributed by atoms with Gasteiger partial charge in [0.1, 0.15) is 4.60 Å². The van der Waals surface area contributed by atoms with E-state index in [2.05, 4.69) is 20.9 Å². The second kappa shape index (κ2) is 5.69. The molecule has 0 saturated carbocycles. The number of rotatable bonds is 2. The Balaban J connectivity index is 2.12. The lowest BCUT2D eigenvalue weighted by atomic mass is 9.99. The van der Waals surface area contributed by atoms with Crippen LogP contribution in [-0.2, 0) is 9.53 Å². The molecule has 0 N–H and O–H groups in total. The summed E-state index contributed by atoms with van der Waals surface area (Å²) in [5, 5.41) is 0. The van der Waals surface area contributed by atoms with E-state index in [-0.39, 0.29) is 23.7 Å². The van der Waals surface area contributed by atoms with Crippen LogP contribution in [0.3, 0.4) is 0 Å². The van der Waals surface area contributed by atoms with Gasteiger partial charge in [-0.15, -0.1) is 0 Å². The topological polar surface area (TPSA) is 59.5 Å². The highest BCUT2D eigenvalue weighted by molar-refractivity contribution is 9.10. The summed E-state index contributed by atoms with van der Waals surface area (Å²) in [4.78, 5) is 29.6. The van der Waals surface area contributed by atoms with Crippen molar-refractivity contribution in [2.75, 3.05) is 20.2 Å². The first-order valence-electron chi connectivity index (χ1n) is 6.01. The third kappa shape index (κ3) is 2.94. The second-order valence-electron chi connectivity index (χ2n) is 4.68. The van der Waals surface area contributed by atoms with Crippen LogP contribution in [0, 0.1) is 11.8 Å². The van der Waals surface area contributed by atoms with Crippen molar-refractivity contribution in [3.05, 3.63) is 28.5 Å². The van der Waals surface area contributed by atoms with E-state index >= 15 is 0 Å². The molecule has 0 aromatic carbocycles. The van der Waals surface area contributed by atoms with Crippen LogP contribution >= 0.6 is 15.9 Å². The zero-order chi connectivity index (χ0) is 14.0. The van der Waals surface area contributed by atoms with E-state index in [9.17, 15) is 9.59 Å². The number of carbonyl (C=O) groups excluding carboxylic acids is 2. The molecule has 1 aromatic heterocycles. The fraction of sp³-hybridized carbons (Fsp3) is 0.462. The monoisotopic (exact) mass is 326 g/mol. The summed E-state index contributed by atoms with van der Waals surface area (Å²) in [5.41, 5.74) is 0.569. The number of methoxy groups -OCH3 is 1. The zero-order valence-corrected chi connectivity index (χ0v) is 12.4. The number of amides is 1. The molecule has 6 heteroatoms. The van der Waals surface area contributed by atoms with E-state index in [0.717, 1.165) is 0 Å². The molecule has 2 rings (SSSR count). The predicted molar refractivity (Wildman–Crippen MR) is 72.5 cm³/mol. The van der Waals surface area contributed by atoms with Gasteiger partial charge in [0.25, 0.3) is 5.91 Å². The molecule has 102 valence electrons. The van der Waals surface area contributed by atoms with Gasteiger partial charge in [0, 0.05) is 24.8 Å². The number of hydrogen-bond donors (Lipinski definition) is 0. The first kappa shape index (κ1) is 14.0. The van der Waals surface area contributed by atoms with Gasteiger partial charge < -0.3 is 9.64 Å². The Kier molecular flexibility index (Phi) is 4.19. The van der Waals surface area contributed by atoms with Crippen molar-refractivity contribution in [1.29, 1.82) is 0 Å². The Labute approximate surface area is 120 Å². The van der Waals surface area contributed by atoms with Gasteiger partial charge >= 0.3 is 5.97 Å². The molecule has 2 unspecified atom stereocenters. The Hall–Kier alpha value is -1.43. The molecular weight excluding hydrogens is 312 g/mol. The number of ether oxygens (including phenoxy) is 1. The van der Waals surface area contributed by atoms with Crippen LogP contribution < -0.4 is 0 Å². The summed E-state index contributed by atoms with van der Waals surface area (Å²) < 4.78 is 5.38. The maximum atomic E-state index is 12.3. The molecule has 0 bridgehead atoms. The minimum Gasteiger partial charge on any atom is -0.469 e. The van der Waals surface area contributed by atoms with Crippen molar-refractivity contribution in [1.82, 2.24) is 9.88 Å². The molecule has 1 saturated heterocycles. The van der Waals surface area contributed by atoms with Gasteiger partial charge in [-0.25, -0.2) is 4.98 Å². The van der Waals surface area contributed by atoms with E-state index in [0.29, 0.717) is 23.3 Å². The average molecular weight is 327 g/mol. The van der Waals surface area contributed by atoms with E-state index in [1.54, 1.807) is 23.2 Å². The van der Waals surface area contributed by atoms with Gasteiger partial charge in [0.15, 0.2) is 0 Å². The fourth-order valence-electron chi connectivity index (χ4n) is 2.31. The van der Waals surface area contributed by atoms with Gasteiger partial charge in [-0.2, -0.15) is 0 Å². The van der Waals surface area contributed by atoms with E-state index in [4.69, 9.17) is 4.74 Å². The number of likely N-dealkylation sites (tertiary alicyclic amines) is 1. The average Bonchev–Trinajstić information content (AvgIpc) is 2.79. The summed E-state index contributed by atoms with van der Waals surface area (Å²) in [6.45, 7) is 2.93. The van der Waals surface area contributed by atoms with Crippen LogP contribution in [0.25, 0.3) is 0 Å². The molecule has 1 amide bonds. The molecule has 19 heavy (non-hydrogen) atoms. The normalized spacial score (nSPS) is 22.4. The summed E-state index contributed by atoms with van der Waals surface area (Å²) in [6, 6.07) is 3.35. The van der Waals surface area contributed by atoms with Crippen LogP contribution in [0.1, 0.15) is 17.3 Å². The third-order valence-corrected chi connectivity index (χ3v) is 3.81. The van der Waals surface area contributed by atoms with Crippen molar-refractivity contribution in [2.45, 2.75) is 6.92 Å². The molecule has 2 atom stereocenters. The molecule has 2 heterocycles. The highest BCUT2D eigenvalue weighted by Crippen LogP contribution is 2.25. The SMILES string of the molecule is COC(=O)C1CN(C(=O)c2ccnc(Br)c2)CC1C. The van der Waals surface area contributed by atoms with Gasteiger partial charge in [0.05, 0.1) is 13.0 Å². The van der Waals surface area contributed by atoms with Crippen LogP contribution in [0.5, 0.6) is 0 Å². The van der Waals surface area contributed by atoms with Crippen LogP contribution in [0.4, 0.5) is 0 Å². The van der Waals surface area contributed by atoms with Crippen molar-refractivity contribution in [3.63, 3.8) is 0 Å². The molecule has 1 fully saturated rings. The molecule has 1 aromatic rings. The van der Waals surface area contributed by atoms with Crippen LogP contribution in [0.2, 0.25) is 0 Å². The maximum absolute atomic E-state index is 12.3. The maximum Gasteiger partial charge on any atom is 0.310 e. The zero-order valence-electron chi connectivity index (χ0n) is 10.8. The molecule has 1 aliphatic rings. The number of nitrogens with zero attached hydrogens (tertiary/aromatic N) is 2. The van der Waals surface area contributed by atoms with Gasteiger partial charge in [-0.3, -0.25) is 9.59 Å². The second-order valence-corrected chi connectivity index (χ2v) is 5.50. The minimum absolute atomic E-state index is 0.0821. The predicted octanol–water partition coefficient (Wildman–Crippen LogP) is 1.73. The largest absolute Gasteiger partial charge is 0.469 e. The van der Waals surface area contributed by atoms with E-state index in [1.807, 2.05) is 6.92 Å².